The van der Waals surface area contributed by atoms with Crippen LogP contribution in [0.5, 0.6) is 0 Å². The Labute approximate surface area is 105 Å². The SMILES string of the molecule is CCCCCC(O)c1cc(C(F)(F)F)ccc1N. The van der Waals surface area contributed by atoms with E-state index in [0.29, 0.717) is 6.42 Å². The molecule has 1 aromatic rings. The molecule has 0 saturated heterocycles. The molecule has 1 atom stereocenters. The molecule has 0 aliphatic carbocycles. The Kier molecular flexibility index (Phi) is 5.02. The number of benzene rings is 1. The van der Waals surface area contributed by atoms with E-state index in [9.17, 15) is 18.3 Å². The highest BCUT2D eigenvalue weighted by Gasteiger charge is 2.31. The van der Waals surface area contributed by atoms with Crippen LogP contribution >= 0.6 is 0 Å². The van der Waals surface area contributed by atoms with Crippen molar-refractivity contribution in [2.75, 3.05) is 5.73 Å². The molecule has 0 saturated carbocycles. The number of aliphatic hydroxyl groups is 1. The number of nitrogen functional groups attached to an aromatic ring is 1. The molecule has 1 unspecified atom stereocenters. The summed E-state index contributed by atoms with van der Waals surface area (Å²) in [5, 5.41) is 9.87. The highest BCUT2D eigenvalue weighted by Crippen LogP contribution is 2.34. The average Bonchev–Trinajstić information content (AvgIpc) is 2.28. The molecule has 3 N–H and O–H groups in total. The van der Waals surface area contributed by atoms with Crippen LogP contribution in [0.1, 0.15) is 49.8 Å². The van der Waals surface area contributed by atoms with Crippen molar-refractivity contribution in [1.82, 2.24) is 0 Å². The lowest BCUT2D eigenvalue weighted by molar-refractivity contribution is -0.137. The van der Waals surface area contributed by atoms with Gasteiger partial charge in [0.25, 0.3) is 0 Å². The highest BCUT2D eigenvalue weighted by atomic mass is 19.4. The Morgan fingerprint density at radius 3 is 2.50 bits per heavy atom. The van der Waals surface area contributed by atoms with Gasteiger partial charge in [-0.15, -0.1) is 0 Å². The quantitative estimate of drug-likeness (QED) is 0.623. The fraction of sp³-hybridized carbons (Fsp3) is 0.538. The van der Waals surface area contributed by atoms with E-state index in [1.807, 2.05) is 6.92 Å². The predicted octanol–water partition coefficient (Wildman–Crippen LogP) is 3.90. The van der Waals surface area contributed by atoms with Crippen molar-refractivity contribution in [3.8, 4) is 0 Å². The van der Waals surface area contributed by atoms with Crippen LogP contribution in [-0.2, 0) is 6.18 Å². The van der Waals surface area contributed by atoms with Crippen molar-refractivity contribution >= 4 is 5.69 Å². The molecular weight excluding hydrogens is 243 g/mol. The van der Waals surface area contributed by atoms with E-state index < -0.39 is 17.8 Å². The summed E-state index contributed by atoms with van der Waals surface area (Å²) >= 11 is 0. The first kappa shape index (κ1) is 14.8. The minimum Gasteiger partial charge on any atom is -0.398 e. The van der Waals surface area contributed by atoms with Crippen molar-refractivity contribution in [3.63, 3.8) is 0 Å². The number of halogens is 3. The molecule has 0 amide bonds. The van der Waals surface area contributed by atoms with Gasteiger partial charge in [0.15, 0.2) is 0 Å². The van der Waals surface area contributed by atoms with Crippen molar-refractivity contribution in [2.45, 2.75) is 44.9 Å². The lowest BCUT2D eigenvalue weighted by atomic mass is 9.99. The van der Waals surface area contributed by atoms with Crippen LogP contribution in [0.3, 0.4) is 0 Å². The zero-order valence-electron chi connectivity index (χ0n) is 10.3. The lowest BCUT2D eigenvalue weighted by Gasteiger charge is -2.16. The molecule has 18 heavy (non-hydrogen) atoms. The standard InChI is InChI=1S/C13H18F3NO/c1-2-3-4-5-12(18)10-8-9(13(14,15)16)6-7-11(10)17/h6-8,12,18H,2-5,17H2,1H3. The molecule has 1 rings (SSSR count). The average molecular weight is 261 g/mol. The highest BCUT2D eigenvalue weighted by molar-refractivity contribution is 5.50. The van der Waals surface area contributed by atoms with E-state index in [2.05, 4.69) is 0 Å². The van der Waals surface area contributed by atoms with Gasteiger partial charge in [-0.25, -0.2) is 0 Å². The molecule has 0 aliphatic heterocycles. The summed E-state index contributed by atoms with van der Waals surface area (Å²) in [5.41, 5.74) is 5.20. The van der Waals surface area contributed by atoms with Gasteiger partial charge in [-0.2, -0.15) is 13.2 Å². The van der Waals surface area contributed by atoms with Gasteiger partial charge in [-0.05, 0) is 24.6 Å². The summed E-state index contributed by atoms with van der Waals surface area (Å²) in [7, 11) is 0. The molecule has 0 bridgehead atoms. The second-order valence-corrected chi connectivity index (χ2v) is 4.35. The minimum absolute atomic E-state index is 0.168. The van der Waals surface area contributed by atoms with Crippen molar-refractivity contribution in [2.24, 2.45) is 0 Å². The molecule has 0 fully saturated rings. The van der Waals surface area contributed by atoms with Crippen LogP contribution in [0.25, 0.3) is 0 Å². The third-order valence-corrected chi connectivity index (χ3v) is 2.85. The number of alkyl halides is 3. The molecule has 1 aromatic carbocycles. The summed E-state index contributed by atoms with van der Waals surface area (Å²) in [5.74, 6) is 0. The number of hydrogen-bond acceptors (Lipinski definition) is 2. The largest absolute Gasteiger partial charge is 0.416 e. The molecule has 0 radical (unpaired) electrons. The first-order valence-corrected chi connectivity index (χ1v) is 6.01. The number of rotatable bonds is 5. The third kappa shape index (κ3) is 3.91. The van der Waals surface area contributed by atoms with E-state index in [1.165, 1.54) is 6.07 Å². The smallest absolute Gasteiger partial charge is 0.398 e. The van der Waals surface area contributed by atoms with E-state index in [1.54, 1.807) is 0 Å². The Morgan fingerprint density at radius 1 is 1.28 bits per heavy atom. The maximum atomic E-state index is 12.5. The van der Waals surface area contributed by atoms with Crippen LogP contribution in [0, 0.1) is 0 Å². The van der Waals surface area contributed by atoms with Gasteiger partial charge < -0.3 is 10.8 Å². The second-order valence-electron chi connectivity index (χ2n) is 4.35. The summed E-state index contributed by atoms with van der Waals surface area (Å²) in [4.78, 5) is 0. The number of unbranched alkanes of at least 4 members (excludes halogenated alkanes) is 2. The third-order valence-electron chi connectivity index (χ3n) is 2.85. The molecular formula is C13H18F3NO. The zero-order chi connectivity index (χ0) is 13.8. The van der Waals surface area contributed by atoms with Crippen molar-refractivity contribution in [3.05, 3.63) is 29.3 Å². The van der Waals surface area contributed by atoms with Gasteiger partial charge in [0, 0.05) is 11.3 Å². The molecule has 0 heterocycles. The first-order valence-electron chi connectivity index (χ1n) is 6.01. The molecule has 5 heteroatoms. The van der Waals surface area contributed by atoms with Gasteiger partial charge >= 0.3 is 6.18 Å². The summed E-state index contributed by atoms with van der Waals surface area (Å²) in [6, 6.07) is 3.06. The first-order chi connectivity index (χ1) is 8.36. The molecule has 102 valence electrons. The fourth-order valence-electron chi connectivity index (χ4n) is 1.78. The van der Waals surface area contributed by atoms with Crippen LogP contribution in [0.2, 0.25) is 0 Å². The fourth-order valence-corrected chi connectivity index (χ4v) is 1.78. The maximum Gasteiger partial charge on any atom is 0.416 e. The normalized spacial score (nSPS) is 13.6. The van der Waals surface area contributed by atoms with Gasteiger partial charge in [0.2, 0.25) is 0 Å². The lowest BCUT2D eigenvalue weighted by Crippen LogP contribution is -2.09. The van der Waals surface area contributed by atoms with Crippen LogP contribution < -0.4 is 5.73 Å². The zero-order valence-corrected chi connectivity index (χ0v) is 10.3. The number of aliphatic hydroxyl groups excluding tert-OH is 1. The van der Waals surface area contributed by atoms with E-state index in [4.69, 9.17) is 5.73 Å². The molecule has 0 aliphatic rings. The van der Waals surface area contributed by atoms with Crippen LogP contribution in [0.15, 0.2) is 18.2 Å². The maximum absolute atomic E-state index is 12.5. The summed E-state index contributed by atoms with van der Waals surface area (Å²) < 4.78 is 37.6. The van der Waals surface area contributed by atoms with E-state index in [-0.39, 0.29) is 11.3 Å². The molecule has 0 aromatic heterocycles. The monoisotopic (exact) mass is 261 g/mol. The molecule has 2 nitrogen and oxygen atoms in total. The topological polar surface area (TPSA) is 46.2 Å². The van der Waals surface area contributed by atoms with E-state index in [0.717, 1.165) is 31.4 Å². The van der Waals surface area contributed by atoms with Crippen molar-refractivity contribution < 1.29 is 18.3 Å². The van der Waals surface area contributed by atoms with Crippen LogP contribution in [-0.4, -0.2) is 5.11 Å². The van der Waals surface area contributed by atoms with Gasteiger partial charge in [0.1, 0.15) is 0 Å². The number of nitrogens with two attached hydrogens (primary N) is 1. The van der Waals surface area contributed by atoms with Crippen molar-refractivity contribution in [1.29, 1.82) is 0 Å². The Hall–Kier alpha value is -1.23. The van der Waals surface area contributed by atoms with Crippen LogP contribution in [0.4, 0.5) is 18.9 Å². The number of hydrogen-bond donors (Lipinski definition) is 2. The van der Waals surface area contributed by atoms with Gasteiger partial charge in [-0.3, -0.25) is 0 Å². The second kappa shape index (κ2) is 6.09. The predicted molar refractivity (Wildman–Crippen MR) is 65.0 cm³/mol. The van der Waals surface area contributed by atoms with Gasteiger partial charge in [0.05, 0.1) is 11.7 Å². The van der Waals surface area contributed by atoms with Gasteiger partial charge in [-0.1, -0.05) is 26.2 Å². The summed E-state index contributed by atoms with van der Waals surface area (Å²) in [6.45, 7) is 2.02. The Balaban J connectivity index is 2.86. The molecule has 0 spiro atoms. The Morgan fingerprint density at radius 2 is 1.94 bits per heavy atom. The Bertz CT molecular complexity index is 390. The summed E-state index contributed by atoms with van der Waals surface area (Å²) in [6.07, 6.45) is -2.21. The number of anilines is 1. The minimum atomic E-state index is -4.41. The van der Waals surface area contributed by atoms with E-state index >= 15 is 0 Å².